The predicted molar refractivity (Wildman–Crippen MR) is 76.0 cm³/mol. The van der Waals surface area contributed by atoms with Crippen LogP contribution in [0.4, 0.5) is 5.69 Å². The average Bonchev–Trinajstić information content (AvgIpc) is 2.89. The number of carbonyl (C=O) groups is 1. The Morgan fingerprint density at radius 3 is 2.68 bits per heavy atom. The van der Waals surface area contributed by atoms with Crippen LogP contribution < -0.4 is 5.73 Å². The van der Waals surface area contributed by atoms with Crippen molar-refractivity contribution in [2.45, 2.75) is 25.4 Å². The van der Waals surface area contributed by atoms with Gasteiger partial charge in [0.15, 0.2) is 5.78 Å². The number of hydrogen-bond donors (Lipinski definition) is 1. The summed E-state index contributed by atoms with van der Waals surface area (Å²) in [5.41, 5.74) is 7.13. The maximum absolute atomic E-state index is 12.3. The Kier molecular flexibility index (Phi) is 3.53. The highest BCUT2D eigenvalue weighted by Crippen LogP contribution is 2.25. The molecule has 2 saturated heterocycles. The Labute approximate surface area is 114 Å². The van der Waals surface area contributed by atoms with Crippen molar-refractivity contribution in [3.8, 4) is 0 Å². The summed E-state index contributed by atoms with van der Waals surface area (Å²) in [4.78, 5) is 17.2. The third-order valence-corrected chi connectivity index (χ3v) is 4.22. The molecule has 2 heterocycles. The van der Waals surface area contributed by atoms with Gasteiger partial charge in [-0.3, -0.25) is 14.6 Å². The molecule has 0 amide bonds. The van der Waals surface area contributed by atoms with E-state index in [-0.39, 0.29) is 5.78 Å². The van der Waals surface area contributed by atoms with Crippen molar-refractivity contribution >= 4 is 11.5 Å². The van der Waals surface area contributed by atoms with Crippen molar-refractivity contribution in [3.05, 3.63) is 29.8 Å². The minimum atomic E-state index is 0.203. The lowest BCUT2D eigenvalue weighted by atomic mass is 10.1. The number of benzene rings is 1. The topological polar surface area (TPSA) is 49.6 Å². The molecule has 2 aliphatic rings. The number of fused-ring (bicyclic) bond motifs is 1. The van der Waals surface area contributed by atoms with Gasteiger partial charge in [-0.25, -0.2) is 0 Å². The highest BCUT2D eigenvalue weighted by molar-refractivity contribution is 5.97. The molecule has 1 aromatic carbocycles. The number of hydrogen-bond acceptors (Lipinski definition) is 4. The molecular formula is C15H21N3O. The molecule has 0 saturated carbocycles. The maximum Gasteiger partial charge on any atom is 0.176 e. The Balaban J connectivity index is 1.67. The minimum absolute atomic E-state index is 0.203. The SMILES string of the molecule is Nc1ccc(C(=O)CN2CCCN3CCCC32)cc1. The van der Waals surface area contributed by atoms with Gasteiger partial charge in [-0.2, -0.15) is 0 Å². The van der Waals surface area contributed by atoms with Crippen LogP contribution in [0.5, 0.6) is 0 Å². The number of ketones is 1. The normalized spacial score (nSPS) is 24.3. The fourth-order valence-electron chi connectivity index (χ4n) is 3.24. The molecule has 4 heteroatoms. The standard InChI is InChI=1S/C15H21N3O/c16-13-6-4-12(5-7-13)14(19)11-18-10-2-9-17-8-1-3-15(17)18/h4-7,15H,1-3,8-11,16H2. The molecule has 102 valence electrons. The van der Waals surface area contributed by atoms with Crippen LogP contribution in [0.2, 0.25) is 0 Å². The number of nitrogens with zero attached hydrogens (tertiary/aromatic N) is 2. The molecule has 1 aromatic rings. The van der Waals surface area contributed by atoms with Gasteiger partial charge in [0.2, 0.25) is 0 Å². The second kappa shape index (κ2) is 5.31. The van der Waals surface area contributed by atoms with E-state index in [0.717, 1.165) is 12.1 Å². The van der Waals surface area contributed by atoms with Crippen molar-refractivity contribution in [1.29, 1.82) is 0 Å². The first-order chi connectivity index (χ1) is 9.24. The first-order valence-electron chi connectivity index (χ1n) is 7.11. The molecule has 2 aliphatic heterocycles. The van der Waals surface area contributed by atoms with Gasteiger partial charge >= 0.3 is 0 Å². The van der Waals surface area contributed by atoms with Crippen LogP contribution in [0.15, 0.2) is 24.3 Å². The number of Topliss-reactive ketones (excluding diaryl/α,β-unsaturated/α-hetero) is 1. The molecule has 1 unspecified atom stereocenters. The first-order valence-corrected chi connectivity index (χ1v) is 7.11. The van der Waals surface area contributed by atoms with Gasteiger partial charge in [-0.05, 0) is 50.1 Å². The molecule has 0 spiro atoms. The summed E-state index contributed by atoms with van der Waals surface area (Å²) in [7, 11) is 0. The smallest absolute Gasteiger partial charge is 0.176 e. The fraction of sp³-hybridized carbons (Fsp3) is 0.533. The molecule has 2 N–H and O–H groups in total. The van der Waals surface area contributed by atoms with Crippen molar-refractivity contribution in [3.63, 3.8) is 0 Å². The molecule has 0 bridgehead atoms. The summed E-state index contributed by atoms with van der Waals surface area (Å²) in [5, 5.41) is 0. The average molecular weight is 259 g/mol. The van der Waals surface area contributed by atoms with E-state index in [1.807, 2.05) is 12.1 Å². The quantitative estimate of drug-likeness (QED) is 0.661. The molecule has 0 radical (unpaired) electrons. The molecular weight excluding hydrogens is 238 g/mol. The summed E-state index contributed by atoms with van der Waals surface area (Å²) >= 11 is 0. The van der Waals surface area contributed by atoms with E-state index in [1.54, 1.807) is 12.1 Å². The monoisotopic (exact) mass is 259 g/mol. The second-order valence-electron chi connectivity index (χ2n) is 5.53. The van der Waals surface area contributed by atoms with Crippen LogP contribution in [0, 0.1) is 0 Å². The third kappa shape index (κ3) is 2.65. The number of nitrogen functional groups attached to an aromatic ring is 1. The molecule has 0 aromatic heterocycles. The third-order valence-electron chi connectivity index (χ3n) is 4.22. The highest BCUT2D eigenvalue weighted by atomic mass is 16.1. The Morgan fingerprint density at radius 2 is 1.89 bits per heavy atom. The zero-order chi connectivity index (χ0) is 13.2. The van der Waals surface area contributed by atoms with Crippen molar-refractivity contribution < 1.29 is 4.79 Å². The Bertz CT molecular complexity index is 457. The van der Waals surface area contributed by atoms with E-state index in [9.17, 15) is 4.79 Å². The van der Waals surface area contributed by atoms with Crippen LogP contribution >= 0.6 is 0 Å². The largest absolute Gasteiger partial charge is 0.399 e. The molecule has 0 aliphatic carbocycles. The van der Waals surface area contributed by atoms with Gasteiger partial charge in [-0.15, -0.1) is 0 Å². The summed E-state index contributed by atoms with van der Waals surface area (Å²) in [6.07, 6.45) is 4.13. The van der Waals surface area contributed by atoms with Gasteiger partial charge < -0.3 is 5.73 Å². The second-order valence-corrected chi connectivity index (χ2v) is 5.53. The lowest BCUT2D eigenvalue weighted by Gasteiger charge is -2.39. The van der Waals surface area contributed by atoms with Crippen LogP contribution in [-0.4, -0.2) is 47.9 Å². The lowest BCUT2D eigenvalue weighted by molar-refractivity contribution is 0.0338. The molecule has 19 heavy (non-hydrogen) atoms. The van der Waals surface area contributed by atoms with Gasteiger partial charge in [0.25, 0.3) is 0 Å². The number of anilines is 1. The first kappa shape index (κ1) is 12.6. The van der Waals surface area contributed by atoms with Crippen LogP contribution in [0.1, 0.15) is 29.6 Å². The van der Waals surface area contributed by atoms with Gasteiger partial charge in [0.1, 0.15) is 0 Å². The van der Waals surface area contributed by atoms with Crippen LogP contribution in [0.25, 0.3) is 0 Å². The van der Waals surface area contributed by atoms with Gasteiger partial charge in [0.05, 0.1) is 12.7 Å². The molecule has 1 atom stereocenters. The minimum Gasteiger partial charge on any atom is -0.399 e. The van der Waals surface area contributed by atoms with Crippen molar-refractivity contribution in [2.75, 3.05) is 31.9 Å². The fourth-order valence-corrected chi connectivity index (χ4v) is 3.24. The van der Waals surface area contributed by atoms with Crippen LogP contribution in [-0.2, 0) is 0 Å². The van der Waals surface area contributed by atoms with Gasteiger partial charge in [-0.1, -0.05) is 0 Å². The zero-order valence-corrected chi connectivity index (χ0v) is 11.2. The van der Waals surface area contributed by atoms with Gasteiger partial charge in [0, 0.05) is 24.3 Å². The Hall–Kier alpha value is -1.39. The van der Waals surface area contributed by atoms with E-state index in [4.69, 9.17) is 5.73 Å². The van der Waals surface area contributed by atoms with E-state index >= 15 is 0 Å². The van der Waals surface area contributed by atoms with Crippen LogP contribution in [0.3, 0.4) is 0 Å². The van der Waals surface area contributed by atoms with E-state index in [2.05, 4.69) is 9.80 Å². The summed E-state index contributed by atoms with van der Waals surface area (Å²) in [6, 6.07) is 7.25. The number of carbonyl (C=O) groups excluding carboxylic acids is 1. The van der Waals surface area contributed by atoms with E-state index < -0.39 is 0 Å². The lowest BCUT2D eigenvalue weighted by Crippen LogP contribution is -2.51. The summed E-state index contributed by atoms with van der Waals surface area (Å²) < 4.78 is 0. The number of nitrogens with two attached hydrogens (primary N) is 1. The summed E-state index contributed by atoms with van der Waals surface area (Å²) in [6.45, 7) is 3.96. The zero-order valence-electron chi connectivity index (χ0n) is 11.2. The molecule has 4 nitrogen and oxygen atoms in total. The van der Waals surface area contributed by atoms with E-state index in [0.29, 0.717) is 18.4 Å². The van der Waals surface area contributed by atoms with Crippen molar-refractivity contribution in [2.24, 2.45) is 0 Å². The predicted octanol–water partition coefficient (Wildman–Crippen LogP) is 1.58. The maximum atomic E-state index is 12.3. The number of rotatable bonds is 3. The highest BCUT2D eigenvalue weighted by Gasteiger charge is 2.33. The van der Waals surface area contributed by atoms with Crippen molar-refractivity contribution in [1.82, 2.24) is 9.80 Å². The Morgan fingerprint density at radius 1 is 1.16 bits per heavy atom. The molecule has 3 rings (SSSR count). The molecule has 2 fully saturated rings. The summed E-state index contributed by atoms with van der Waals surface area (Å²) in [5.74, 6) is 0.203. The van der Waals surface area contributed by atoms with E-state index in [1.165, 1.54) is 32.4 Å².